The number of pyridine rings is 1. The SMILES string of the molecule is Cc1cc2ccc(C)c(Br)c2c(=O)[nH]1. The van der Waals surface area contributed by atoms with E-state index in [0.717, 1.165) is 26.5 Å². The lowest BCUT2D eigenvalue weighted by molar-refractivity contribution is 1.17. The molecule has 0 bridgehead atoms. The van der Waals surface area contributed by atoms with Crippen molar-refractivity contribution in [3.8, 4) is 0 Å². The van der Waals surface area contributed by atoms with Crippen molar-refractivity contribution in [2.24, 2.45) is 0 Å². The summed E-state index contributed by atoms with van der Waals surface area (Å²) in [6, 6.07) is 5.95. The van der Waals surface area contributed by atoms with Gasteiger partial charge in [0, 0.05) is 10.2 Å². The predicted octanol–water partition coefficient (Wildman–Crippen LogP) is 2.91. The Labute approximate surface area is 90.1 Å². The Bertz CT molecular complexity index is 557. The molecule has 2 rings (SSSR count). The molecular formula is C11H10BrNO. The molecule has 1 aromatic carbocycles. The molecule has 0 saturated heterocycles. The third kappa shape index (κ3) is 1.38. The quantitative estimate of drug-likeness (QED) is 0.768. The highest BCUT2D eigenvalue weighted by atomic mass is 79.9. The largest absolute Gasteiger partial charge is 0.326 e. The summed E-state index contributed by atoms with van der Waals surface area (Å²) in [4.78, 5) is 14.5. The molecule has 0 aliphatic carbocycles. The molecule has 72 valence electrons. The van der Waals surface area contributed by atoms with Crippen LogP contribution in [0, 0.1) is 13.8 Å². The lowest BCUT2D eigenvalue weighted by Crippen LogP contribution is -2.08. The van der Waals surface area contributed by atoms with Crippen LogP contribution in [0.2, 0.25) is 0 Å². The number of rotatable bonds is 0. The summed E-state index contributed by atoms with van der Waals surface area (Å²) >= 11 is 3.44. The van der Waals surface area contributed by atoms with Crippen molar-refractivity contribution < 1.29 is 0 Å². The molecule has 0 atom stereocenters. The minimum atomic E-state index is -0.0319. The smallest absolute Gasteiger partial charge is 0.257 e. The molecule has 0 unspecified atom stereocenters. The van der Waals surface area contributed by atoms with Crippen molar-refractivity contribution in [2.75, 3.05) is 0 Å². The Morgan fingerprint density at radius 3 is 2.71 bits per heavy atom. The van der Waals surface area contributed by atoms with Crippen LogP contribution in [0.15, 0.2) is 27.5 Å². The second-order valence-electron chi connectivity index (χ2n) is 3.44. The minimum absolute atomic E-state index is 0.0319. The van der Waals surface area contributed by atoms with Crippen LogP contribution in [0.5, 0.6) is 0 Å². The number of aromatic amines is 1. The Morgan fingerprint density at radius 1 is 1.29 bits per heavy atom. The zero-order chi connectivity index (χ0) is 10.3. The molecule has 1 N–H and O–H groups in total. The maximum atomic E-state index is 11.7. The molecule has 0 radical (unpaired) electrons. The Balaban J connectivity index is 3.03. The topological polar surface area (TPSA) is 32.9 Å². The second-order valence-corrected chi connectivity index (χ2v) is 4.24. The van der Waals surface area contributed by atoms with Gasteiger partial charge in [-0.25, -0.2) is 0 Å². The van der Waals surface area contributed by atoms with Gasteiger partial charge in [0.2, 0.25) is 0 Å². The van der Waals surface area contributed by atoms with E-state index in [2.05, 4.69) is 20.9 Å². The highest BCUT2D eigenvalue weighted by Gasteiger charge is 2.05. The number of aryl methyl sites for hydroxylation is 2. The van der Waals surface area contributed by atoms with E-state index in [1.807, 2.05) is 32.0 Å². The van der Waals surface area contributed by atoms with Gasteiger partial charge in [-0.3, -0.25) is 4.79 Å². The molecule has 1 heterocycles. The van der Waals surface area contributed by atoms with Crippen LogP contribution in [0.3, 0.4) is 0 Å². The molecule has 0 aliphatic heterocycles. The molecule has 1 aromatic heterocycles. The summed E-state index contributed by atoms with van der Waals surface area (Å²) in [5.41, 5.74) is 1.93. The van der Waals surface area contributed by atoms with Gasteiger partial charge >= 0.3 is 0 Å². The first-order chi connectivity index (χ1) is 6.59. The first-order valence-electron chi connectivity index (χ1n) is 4.38. The van der Waals surface area contributed by atoms with Crippen molar-refractivity contribution in [1.82, 2.24) is 4.98 Å². The van der Waals surface area contributed by atoms with Gasteiger partial charge in [-0.15, -0.1) is 0 Å². The molecule has 0 aliphatic rings. The molecule has 14 heavy (non-hydrogen) atoms. The Morgan fingerprint density at radius 2 is 2.00 bits per heavy atom. The van der Waals surface area contributed by atoms with Crippen LogP contribution in [-0.4, -0.2) is 4.98 Å². The van der Waals surface area contributed by atoms with E-state index in [9.17, 15) is 4.79 Å². The summed E-state index contributed by atoms with van der Waals surface area (Å²) < 4.78 is 0.885. The van der Waals surface area contributed by atoms with Crippen LogP contribution < -0.4 is 5.56 Å². The fraction of sp³-hybridized carbons (Fsp3) is 0.182. The predicted molar refractivity (Wildman–Crippen MR) is 61.7 cm³/mol. The van der Waals surface area contributed by atoms with E-state index in [4.69, 9.17) is 0 Å². The molecule has 0 spiro atoms. The number of halogens is 1. The standard InChI is InChI=1S/C11H10BrNO/c1-6-3-4-8-5-7(2)13-11(14)9(8)10(6)12/h3-5H,1-2H3,(H,13,14). The molecule has 3 heteroatoms. The molecule has 2 aromatic rings. The van der Waals surface area contributed by atoms with Gasteiger partial charge in [0.25, 0.3) is 5.56 Å². The normalized spacial score (nSPS) is 10.8. The number of aromatic nitrogens is 1. The van der Waals surface area contributed by atoms with E-state index in [1.54, 1.807) is 0 Å². The summed E-state index contributed by atoms with van der Waals surface area (Å²) in [5.74, 6) is 0. The fourth-order valence-corrected chi connectivity index (χ4v) is 2.10. The van der Waals surface area contributed by atoms with Crippen molar-refractivity contribution in [2.45, 2.75) is 13.8 Å². The first kappa shape index (κ1) is 9.46. The third-order valence-electron chi connectivity index (χ3n) is 2.28. The third-order valence-corrected chi connectivity index (χ3v) is 3.30. The van der Waals surface area contributed by atoms with E-state index >= 15 is 0 Å². The fourth-order valence-electron chi connectivity index (χ4n) is 1.56. The van der Waals surface area contributed by atoms with Crippen molar-refractivity contribution in [3.05, 3.63) is 44.3 Å². The Kier molecular flexibility index (Phi) is 2.19. The highest BCUT2D eigenvalue weighted by molar-refractivity contribution is 9.10. The summed E-state index contributed by atoms with van der Waals surface area (Å²) in [5, 5.41) is 1.71. The van der Waals surface area contributed by atoms with E-state index in [-0.39, 0.29) is 5.56 Å². The number of fused-ring (bicyclic) bond motifs is 1. The highest BCUT2D eigenvalue weighted by Crippen LogP contribution is 2.24. The zero-order valence-electron chi connectivity index (χ0n) is 8.02. The number of benzene rings is 1. The van der Waals surface area contributed by atoms with Crippen molar-refractivity contribution in [3.63, 3.8) is 0 Å². The maximum absolute atomic E-state index is 11.7. The lowest BCUT2D eigenvalue weighted by atomic mass is 10.1. The number of hydrogen-bond acceptors (Lipinski definition) is 1. The van der Waals surface area contributed by atoms with Crippen LogP contribution in [0.4, 0.5) is 0 Å². The van der Waals surface area contributed by atoms with Crippen molar-refractivity contribution in [1.29, 1.82) is 0 Å². The van der Waals surface area contributed by atoms with Gasteiger partial charge in [-0.1, -0.05) is 12.1 Å². The molecule has 0 saturated carbocycles. The monoisotopic (exact) mass is 251 g/mol. The average molecular weight is 252 g/mol. The van der Waals surface area contributed by atoms with E-state index in [0.29, 0.717) is 0 Å². The minimum Gasteiger partial charge on any atom is -0.326 e. The first-order valence-corrected chi connectivity index (χ1v) is 5.17. The van der Waals surface area contributed by atoms with Gasteiger partial charge in [0.1, 0.15) is 0 Å². The summed E-state index contributed by atoms with van der Waals surface area (Å²) in [6.45, 7) is 3.86. The van der Waals surface area contributed by atoms with Gasteiger partial charge < -0.3 is 4.98 Å². The maximum Gasteiger partial charge on any atom is 0.257 e. The molecule has 0 amide bonds. The molecule has 2 nitrogen and oxygen atoms in total. The Hall–Kier alpha value is -1.09. The second kappa shape index (κ2) is 3.24. The number of hydrogen-bond donors (Lipinski definition) is 1. The van der Waals surface area contributed by atoms with Gasteiger partial charge in [0.05, 0.1) is 5.39 Å². The lowest BCUT2D eigenvalue weighted by Gasteiger charge is -2.03. The van der Waals surface area contributed by atoms with Crippen LogP contribution >= 0.6 is 15.9 Å². The number of nitrogens with one attached hydrogen (secondary N) is 1. The summed E-state index contributed by atoms with van der Waals surface area (Å²) in [6.07, 6.45) is 0. The van der Waals surface area contributed by atoms with E-state index in [1.165, 1.54) is 0 Å². The van der Waals surface area contributed by atoms with Gasteiger partial charge in [-0.05, 0) is 46.8 Å². The summed E-state index contributed by atoms with van der Waals surface area (Å²) in [7, 11) is 0. The van der Waals surface area contributed by atoms with Crippen LogP contribution in [0.1, 0.15) is 11.3 Å². The average Bonchev–Trinajstić information content (AvgIpc) is 2.10. The van der Waals surface area contributed by atoms with E-state index < -0.39 is 0 Å². The zero-order valence-corrected chi connectivity index (χ0v) is 9.60. The van der Waals surface area contributed by atoms with Crippen LogP contribution in [0.25, 0.3) is 10.8 Å². The van der Waals surface area contributed by atoms with Gasteiger partial charge in [-0.2, -0.15) is 0 Å². The van der Waals surface area contributed by atoms with Crippen molar-refractivity contribution >= 4 is 26.7 Å². The molecular weight excluding hydrogens is 242 g/mol. The van der Waals surface area contributed by atoms with Gasteiger partial charge in [0.15, 0.2) is 0 Å². The number of H-pyrrole nitrogens is 1. The molecule has 0 fully saturated rings. The van der Waals surface area contributed by atoms with Crippen LogP contribution in [-0.2, 0) is 0 Å².